The third kappa shape index (κ3) is 5.63. The van der Waals surface area contributed by atoms with E-state index < -0.39 is 54.0 Å². The lowest BCUT2D eigenvalue weighted by molar-refractivity contribution is -0.925. The Morgan fingerprint density at radius 3 is 1.40 bits per heavy atom. The van der Waals surface area contributed by atoms with Crippen LogP contribution >= 0.6 is 0 Å². The van der Waals surface area contributed by atoms with Gasteiger partial charge in [-0.05, 0) is 0 Å². The molecule has 0 radical (unpaired) electrons. The van der Waals surface area contributed by atoms with Crippen molar-refractivity contribution in [2.45, 2.75) is 19.4 Å². The second-order valence-corrected chi connectivity index (χ2v) is 4.12. The Morgan fingerprint density at radius 2 is 1.25 bits per heavy atom. The Labute approximate surface area is 114 Å². The molecule has 1 atom stereocenters. The standard InChI is InChI=1S/C10H15NO8.H3N/c1-2-6(10(18)19)11(3-7(12)13,4-8(14)15)5-9(16)17;/h6H,2-5H2,1H3,(H3-,12,13,14,15,16,17,18,19);1H3. The van der Waals surface area contributed by atoms with Crippen LogP contribution in [0.5, 0.6) is 0 Å². The predicted molar refractivity (Wildman–Crippen MR) is 61.9 cm³/mol. The summed E-state index contributed by atoms with van der Waals surface area (Å²) in [5.74, 6) is -6.13. The van der Waals surface area contributed by atoms with Crippen LogP contribution in [0.3, 0.4) is 0 Å². The molecule has 0 aromatic carbocycles. The molecule has 0 saturated carbocycles. The monoisotopic (exact) mass is 294 g/mol. The van der Waals surface area contributed by atoms with Crippen molar-refractivity contribution in [3.63, 3.8) is 0 Å². The highest BCUT2D eigenvalue weighted by molar-refractivity contribution is 5.76. The largest absolute Gasteiger partial charge is 0.544 e. The number of hydrogen-bond donors (Lipinski definition) is 4. The summed E-state index contributed by atoms with van der Waals surface area (Å²) in [5.41, 5.74) is 0. The summed E-state index contributed by atoms with van der Waals surface area (Å²) in [6, 6.07) is -1.52. The maximum absolute atomic E-state index is 11.0. The smallest absolute Gasteiger partial charge is 0.359 e. The molecule has 0 heterocycles. The van der Waals surface area contributed by atoms with Gasteiger partial charge in [-0.2, -0.15) is 0 Å². The zero-order valence-corrected chi connectivity index (χ0v) is 10.9. The number of aliphatic carboxylic acids is 4. The van der Waals surface area contributed by atoms with Crippen LogP contribution in [0.2, 0.25) is 0 Å². The van der Waals surface area contributed by atoms with Gasteiger partial charge < -0.3 is 31.4 Å². The van der Waals surface area contributed by atoms with Crippen molar-refractivity contribution in [3.8, 4) is 0 Å². The molecule has 0 saturated heterocycles. The lowest BCUT2D eigenvalue weighted by atomic mass is 10.1. The van der Waals surface area contributed by atoms with E-state index in [1.54, 1.807) is 0 Å². The van der Waals surface area contributed by atoms with E-state index in [-0.39, 0.29) is 12.6 Å². The summed E-state index contributed by atoms with van der Waals surface area (Å²) < 4.78 is -1.13. The molecule has 6 N–H and O–H groups in total. The fourth-order valence-corrected chi connectivity index (χ4v) is 2.08. The van der Waals surface area contributed by atoms with Gasteiger partial charge in [0.1, 0.15) is 6.04 Å². The van der Waals surface area contributed by atoms with Crippen molar-refractivity contribution < 1.29 is 44.1 Å². The molecule has 0 bridgehead atoms. The van der Waals surface area contributed by atoms with E-state index in [2.05, 4.69) is 0 Å². The minimum Gasteiger partial charge on any atom is -0.544 e. The zero-order valence-electron chi connectivity index (χ0n) is 10.9. The Kier molecular flexibility index (Phi) is 8.12. The summed E-state index contributed by atoms with van der Waals surface area (Å²) in [7, 11) is 0. The average molecular weight is 294 g/mol. The number of nitrogens with zero attached hydrogens (tertiary/aromatic N) is 1. The van der Waals surface area contributed by atoms with E-state index in [4.69, 9.17) is 15.3 Å². The summed E-state index contributed by atoms with van der Waals surface area (Å²) >= 11 is 0. The summed E-state index contributed by atoms with van der Waals surface area (Å²) in [5, 5.41) is 37.4. The van der Waals surface area contributed by atoms with E-state index in [9.17, 15) is 24.3 Å². The van der Waals surface area contributed by atoms with E-state index in [1.165, 1.54) is 6.92 Å². The first-order valence-electron chi connectivity index (χ1n) is 5.36. The van der Waals surface area contributed by atoms with Crippen molar-refractivity contribution in [1.82, 2.24) is 6.15 Å². The van der Waals surface area contributed by atoms with Gasteiger partial charge in [-0.25, -0.2) is 14.4 Å². The normalized spacial score (nSPS) is 12.1. The molecule has 0 aliphatic rings. The minimum atomic E-state index is -1.67. The summed E-state index contributed by atoms with van der Waals surface area (Å²) in [6.07, 6.45) is -0.143. The zero-order chi connectivity index (χ0) is 15.2. The van der Waals surface area contributed by atoms with Crippen LogP contribution < -0.4 is 11.3 Å². The summed E-state index contributed by atoms with van der Waals surface area (Å²) in [6.45, 7) is -1.39. The number of carboxylic acid groups (broad SMARTS) is 4. The van der Waals surface area contributed by atoms with Gasteiger partial charge in [-0.3, -0.25) is 4.48 Å². The fraction of sp³-hybridized carbons (Fsp3) is 0.600. The topological polar surface area (TPSA) is 187 Å². The molecule has 0 aromatic rings. The Hall–Kier alpha value is -2.20. The number of hydrogen-bond acceptors (Lipinski definition) is 6. The van der Waals surface area contributed by atoms with E-state index in [0.29, 0.717) is 0 Å². The molecule has 0 aliphatic carbocycles. The Bertz CT molecular complexity index is 354. The maximum Gasteiger partial charge on any atom is 0.359 e. The quantitative estimate of drug-likeness (QED) is 0.340. The molecule has 0 spiro atoms. The number of carbonyl (C=O) groups excluding carboxylic acids is 1. The maximum atomic E-state index is 11.0. The van der Waals surface area contributed by atoms with Crippen LogP contribution in [0.4, 0.5) is 0 Å². The van der Waals surface area contributed by atoms with Crippen molar-refractivity contribution >= 4 is 23.9 Å². The van der Waals surface area contributed by atoms with Crippen molar-refractivity contribution in [2.24, 2.45) is 0 Å². The highest BCUT2D eigenvalue weighted by Gasteiger charge is 2.43. The van der Waals surface area contributed by atoms with Crippen LogP contribution in [0, 0.1) is 0 Å². The van der Waals surface area contributed by atoms with Crippen molar-refractivity contribution in [3.05, 3.63) is 0 Å². The van der Waals surface area contributed by atoms with Crippen molar-refractivity contribution in [1.29, 1.82) is 0 Å². The highest BCUT2D eigenvalue weighted by Crippen LogP contribution is 2.17. The van der Waals surface area contributed by atoms with Gasteiger partial charge in [-0.15, -0.1) is 0 Å². The van der Waals surface area contributed by atoms with Gasteiger partial charge in [-0.1, -0.05) is 6.92 Å². The molecule has 10 heteroatoms. The van der Waals surface area contributed by atoms with Gasteiger partial charge in [0.2, 0.25) is 0 Å². The molecule has 0 aliphatic heterocycles. The molecular formula is C10H18N2O8. The van der Waals surface area contributed by atoms with Gasteiger partial charge in [0, 0.05) is 6.42 Å². The first-order chi connectivity index (χ1) is 8.64. The second-order valence-electron chi connectivity index (χ2n) is 4.12. The molecule has 116 valence electrons. The number of carbonyl (C=O) groups is 4. The SMILES string of the molecule is CCC(C(=O)[O-])[N+](CC(=O)O)(CC(=O)O)CC(=O)O.N. The highest BCUT2D eigenvalue weighted by atomic mass is 16.4. The third-order valence-corrected chi connectivity index (χ3v) is 2.67. The van der Waals surface area contributed by atoms with Gasteiger partial charge in [0.15, 0.2) is 19.6 Å². The fourth-order valence-electron chi connectivity index (χ4n) is 2.08. The lowest BCUT2D eigenvalue weighted by Crippen LogP contribution is -2.66. The molecular weight excluding hydrogens is 276 g/mol. The molecule has 0 rings (SSSR count). The Balaban J connectivity index is 0. The van der Waals surface area contributed by atoms with E-state index in [1.807, 2.05) is 0 Å². The number of carboxylic acids is 4. The van der Waals surface area contributed by atoms with Crippen LogP contribution in [0.15, 0.2) is 0 Å². The first kappa shape index (κ1) is 20.1. The summed E-state index contributed by atoms with van der Waals surface area (Å²) in [4.78, 5) is 43.4. The molecule has 0 fully saturated rings. The molecule has 20 heavy (non-hydrogen) atoms. The van der Waals surface area contributed by atoms with E-state index in [0.717, 1.165) is 0 Å². The number of rotatable bonds is 9. The molecule has 1 unspecified atom stereocenters. The second kappa shape index (κ2) is 8.07. The van der Waals surface area contributed by atoms with E-state index >= 15 is 0 Å². The molecule has 0 aromatic heterocycles. The third-order valence-electron chi connectivity index (χ3n) is 2.67. The molecule has 0 amide bonds. The average Bonchev–Trinajstić information content (AvgIpc) is 2.12. The van der Waals surface area contributed by atoms with Crippen LogP contribution in [0.25, 0.3) is 0 Å². The van der Waals surface area contributed by atoms with Crippen LogP contribution in [-0.4, -0.2) is 69.4 Å². The lowest BCUT2D eigenvalue weighted by Gasteiger charge is -2.41. The van der Waals surface area contributed by atoms with Crippen molar-refractivity contribution in [2.75, 3.05) is 19.6 Å². The number of quaternary nitrogens is 1. The van der Waals surface area contributed by atoms with Gasteiger partial charge in [0.25, 0.3) is 0 Å². The molecule has 10 nitrogen and oxygen atoms in total. The Morgan fingerprint density at radius 1 is 0.950 bits per heavy atom. The van der Waals surface area contributed by atoms with Crippen LogP contribution in [0.1, 0.15) is 13.3 Å². The van der Waals surface area contributed by atoms with Gasteiger partial charge >= 0.3 is 17.9 Å². The van der Waals surface area contributed by atoms with Gasteiger partial charge in [0.05, 0.1) is 5.97 Å². The predicted octanol–water partition coefficient (Wildman–Crippen LogP) is -2.25. The van der Waals surface area contributed by atoms with Crippen LogP contribution in [-0.2, 0) is 19.2 Å². The first-order valence-corrected chi connectivity index (χ1v) is 5.36. The minimum absolute atomic E-state index is 0.